The zero-order valence-electron chi connectivity index (χ0n) is 17.4. The SMILES string of the molecule is C[C@H](NC(=O)C(CC(C)(C)O)n1c(=O)[nH]c2ccc(F)cc2c1=O)c1ncc(F)cc1F. The minimum absolute atomic E-state index is 0.0750. The number of fused-ring (bicyclic) bond motifs is 1. The molecular weight excluding hydrogens is 429 g/mol. The van der Waals surface area contributed by atoms with Crippen LogP contribution in [0.25, 0.3) is 10.9 Å². The molecule has 2 aromatic heterocycles. The number of nitrogens with one attached hydrogen (secondary N) is 2. The molecule has 0 aliphatic heterocycles. The van der Waals surface area contributed by atoms with Crippen LogP contribution in [0.4, 0.5) is 13.2 Å². The molecule has 3 N–H and O–H groups in total. The highest BCUT2D eigenvalue weighted by atomic mass is 19.1. The summed E-state index contributed by atoms with van der Waals surface area (Å²) in [4.78, 5) is 44.7. The number of halogens is 3. The molecule has 0 spiro atoms. The topological polar surface area (TPSA) is 117 Å². The maximum atomic E-state index is 14.0. The largest absolute Gasteiger partial charge is 0.390 e. The number of hydrogen-bond donors (Lipinski definition) is 3. The fourth-order valence-corrected chi connectivity index (χ4v) is 3.38. The Hall–Kier alpha value is -3.47. The van der Waals surface area contributed by atoms with E-state index in [1.807, 2.05) is 0 Å². The zero-order chi connectivity index (χ0) is 23.8. The van der Waals surface area contributed by atoms with Gasteiger partial charge < -0.3 is 15.4 Å². The van der Waals surface area contributed by atoms with Gasteiger partial charge in [-0.3, -0.25) is 14.6 Å². The number of pyridine rings is 1. The first kappa shape index (κ1) is 23.2. The number of aliphatic hydroxyl groups is 1. The average Bonchev–Trinajstić information content (AvgIpc) is 2.66. The number of aromatic amines is 1. The van der Waals surface area contributed by atoms with Gasteiger partial charge in [0.25, 0.3) is 5.56 Å². The van der Waals surface area contributed by atoms with E-state index >= 15 is 0 Å². The number of carbonyl (C=O) groups excluding carboxylic acids is 1. The molecule has 1 unspecified atom stereocenters. The van der Waals surface area contributed by atoms with Gasteiger partial charge in [0.2, 0.25) is 5.91 Å². The van der Waals surface area contributed by atoms with E-state index < -0.39 is 52.3 Å². The van der Waals surface area contributed by atoms with Gasteiger partial charge in [-0.2, -0.15) is 0 Å². The van der Waals surface area contributed by atoms with Crippen LogP contribution in [-0.2, 0) is 4.79 Å². The number of H-pyrrole nitrogens is 1. The third kappa shape index (κ3) is 4.88. The smallest absolute Gasteiger partial charge is 0.329 e. The maximum absolute atomic E-state index is 14.0. The van der Waals surface area contributed by atoms with Gasteiger partial charge in [0.15, 0.2) is 0 Å². The lowest BCUT2D eigenvalue weighted by molar-refractivity contribution is -0.127. The van der Waals surface area contributed by atoms with E-state index in [2.05, 4.69) is 15.3 Å². The summed E-state index contributed by atoms with van der Waals surface area (Å²) < 4.78 is 41.4. The quantitative estimate of drug-likeness (QED) is 0.532. The standard InChI is InChI=1S/C21H21F3N4O4/c1-10(17-14(24)7-12(23)9-25-17)26-18(29)16(8-21(2,3)32)28-19(30)13-6-11(22)4-5-15(13)27-20(28)31/h4-7,9-10,16,32H,8H2,1-3H3,(H,26,29)(H,27,31)/t10-,16?/m0/s1. The lowest BCUT2D eigenvalue weighted by atomic mass is 9.97. The molecule has 1 aromatic carbocycles. The van der Waals surface area contributed by atoms with Crippen molar-refractivity contribution < 1.29 is 23.1 Å². The van der Waals surface area contributed by atoms with Crippen LogP contribution in [0.3, 0.4) is 0 Å². The number of carbonyl (C=O) groups is 1. The molecule has 3 rings (SSSR count). The van der Waals surface area contributed by atoms with Crippen molar-refractivity contribution in [3.05, 3.63) is 74.4 Å². The molecule has 170 valence electrons. The van der Waals surface area contributed by atoms with Gasteiger partial charge >= 0.3 is 5.69 Å². The molecule has 0 saturated carbocycles. The number of hydrogen-bond acceptors (Lipinski definition) is 5. The Bertz CT molecular complexity index is 1300. The summed E-state index contributed by atoms with van der Waals surface area (Å²) in [6, 6.07) is 1.23. The van der Waals surface area contributed by atoms with E-state index in [4.69, 9.17) is 0 Å². The Kier molecular flexibility index (Phi) is 6.22. The Morgan fingerprint density at radius 1 is 1.22 bits per heavy atom. The van der Waals surface area contributed by atoms with Gasteiger partial charge in [0.05, 0.1) is 34.4 Å². The Morgan fingerprint density at radius 3 is 2.53 bits per heavy atom. The van der Waals surface area contributed by atoms with Crippen LogP contribution in [-0.4, -0.2) is 31.1 Å². The Morgan fingerprint density at radius 2 is 1.91 bits per heavy atom. The highest BCUT2D eigenvalue weighted by Gasteiger charge is 2.32. The van der Waals surface area contributed by atoms with Crippen LogP contribution in [0.1, 0.15) is 45.0 Å². The van der Waals surface area contributed by atoms with E-state index in [9.17, 15) is 32.7 Å². The molecular formula is C21H21F3N4O4. The van der Waals surface area contributed by atoms with Crippen molar-refractivity contribution in [1.82, 2.24) is 19.9 Å². The molecule has 3 aromatic rings. The summed E-state index contributed by atoms with van der Waals surface area (Å²) >= 11 is 0. The van der Waals surface area contributed by atoms with E-state index in [1.54, 1.807) is 0 Å². The number of amides is 1. The highest BCUT2D eigenvalue weighted by Crippen LogP contribution is 2.22. The van der Waals surface area contributed by atoms with Crippen LogP contribution in [0.15, 0.2) is 40.1 Å². The fraction of sp³-hybridized carbons (Fsp3) is 0.333. The minimum atomic E-state index is -1.52. The second-order valence-electron chi connectivity index (χ2n) is 8.08. The molecule has 11 heteroatoms. The molecule has 0 aliphatic carbocycles. The van der Waals surface area contributed by atoms with E-state index in [1.165, 1.54) is 26.8 Å². The zero-order valence-corrected chi connectivity index (χ0v) is 17.4. The molecule has 1 amide bonds. The van der Waals surface area contributed by atoms with Crippen LogP contribution in [0.5, 0.6) is 0 Å². The summed E-state index contributed by atoms with van der Waals surface area (Å²) in [6.45, 7) is 4.13. The van der Waals surface area contributed by atoms with E-state index in [0.717, 1.165) is 18.3 Å². The molecule has 2 atom stereocenters. The van der Waals surface area contributed by atoms with Crippen molar-refractivity contribution in [3.8, 4) is 0 Å². The summed E-state index contributed by atoms with van der Waals surface area (Å²) in [7, 11) is 0. The molecule has 0 radical (unpaired) electrons. The van der Waals surface area contributed by atoms with Crippen LogP contribution in [0.2, 0.25) is 0 Å². The van der Waals surface area contributed by atoms with Gasteiger partial charge in [-0.25, -0.2) is 22.5 Å². The Balaban J connectivity index is 2.06. The average molecular weight is 450 g/mol. The molecule has 8 nitrogen and oxygen atoms in total. The molecule has 0 bridgehead atoms. The molecule has 0 saturated heterocycles. The molecule has 32 heavy (non-hydrogen) atoms. The van der Waals surface area contributed by atoms with Gasteiger partial charge in [-0.15, -0.1) is 0 Å². The maximum Gasteiger partial charge on any atom is 0.329 e. The van der Waals surface area contributed by atoms with Crippen LogP contribution >= 0.6 is 0 Å². The number of benzene rings is 1. The molecule has 0 aliphatic rings. The van der Waals surface area contributed by atoms with Crippen molar-refractivity contribution in [2.24, 2.45) is 0 Å². The predicted octanol–water partition coefficient (Wildman–Crippen LogP) is 2.08. The summed E-state index contributed by atoms with van der Waals surface area (Å²) in [6.07, 6.45) is 0.414. The van der Waals surface area contributed by atoms with Crippen molar-refractivity contribution in [1.29, 1.82) is 0 Å². The van der Waals surface area contributed by atoms with Gasteiger partial charge in [-0.1, -0.05) is 0 Å². The number of nitrogens with zero attached hydrogens (tertiary/aromatic N) is 2. The van der Waals surface area contributed by atoms with E-state index in [-0.39, 0.29) is 23.0 Å². The van der Waals surface area contributed by atoms with Gasteiger partial charge in [0.1, 0.15) is 23.5 Å². The summed E-state index contributed by atoms with van der Waals surface area (Å²) in [5.41, 5.74) is -3.56. The van der Waals surface area contributed by atoms with Gasteiger partial charge in [-0.05, 0) is 39.0 Å². The normalized spacial score (nSPS) is 13.7. The monoisotopic (exact) mass is 450 g/mol. The van der Waals surface area contributed by atoms with Crippen molar-refractivity contribution in [2.45, 2.75) is 44.9 Å². The fourth-order valence-electron chi connectivity index (χ4n) is 3.38. The van der Waals surface area contributed by atoms with Crippen molar-refractivity contribution >= 4 is 16.8 Å². The molecule has 0 fully saturated rings. The van der Waals surface area contributed by atoms with Crippen molar-refractivity contribution in [3.63, 3.8) is 0 Å². The third-order valence-electron chi connectivity index (χ3n) is 4.80. The van der Waals surface area contributed by atoms with Gasteiger partial charge in [0, 0.05) is 12.5 Å². The summed E-state index contributed by atoms with van der Waals surface area (Å²) in [5, 5.41) is 12.5. The number of rotatable bonds is 6. The lowest BCUT2D eigenvalue weighted by Gasteiger charge is -2.26. The number of aromatic nitrogens is 3. The highest BCUT2D eigenvalue weighted by molar-refractivity contribution is 5.82. The second kappa shape index (κ2) is 8.58. The lowest BCUT2D eigenvalue weighted by Crippen LogP contribution is -2.47. The van der Waals surface area contributed by atoms with Crippen LogP contribution < -0.4 is 16.6 Å². The predicted molar refractivity (Wildman–Crippen MR) is 109 cm³/mol. The Labute approximate surface area is 179 Å². The van der Waals surface area contributed by atoms with Crippen molar-refractivity contribution in [2.75, 3.05) is 0 Å². The third-order valence-corrected chi connectivity index (χ3v) is 4.80. The second-order valence-corrected chi connectivity index (χ2v) is 8.08. The first-order chi connectivity index (χ1) is 14.9. The minimum Gasteiger partial charge on any atom is -0.390 e. The summed E-state index contributed by atoms with van der Waals surface area (Å²) in [5.74, 6) is -3.50. The first-order valence-electron chi connectivity index (χ1n) is 9.65. The van der Waals surface area contributed by atoms with E-state index in [0.29, 0.717) is 10.6 Å². The molecule has 2 heterocycles. The van der Waals surface area contributed by atoms with Crippen LogP contribution in [0, 0.1) is 17.5 Å². The first-order valence-corrected chi connectivity index (χ1v) is 9.65.